The average Bonchev–Trinajstić information content (AvgIpc) is 2.47. The van der Waals surface area contributed by atoms with Crippen molar-refractivity contribution < 1.29 is 9.84 Å². The third kappa shape index (κ3) is 3.44. The van der Waals surface area contributed by atoms with Gasteiger partial charge < -0.3 is 20.1 Å². The molecule has 112 valence electrons. The van der Waals surface area contributed by atoms with E-state index in [9.17, 15) is 5.11 Å². The van der Waals surface area contributed by atoms with E-state index in [0.717, 1.165) is 23.8 Å². The van der Waals surface area contributed by atoms with E-state index in [2.05, 4.69) is 30.1 Å². The fraction of sp³-hybridized carbons (Fsp3) is 0.600. The molecule has 20 heavy (non-hydrogen) atoms. The van der Waals surface area contributed by atoms with Crippen LogP contribution in [0.15, 0.2) is 18.2 Å². The van der Waals surface area contributed by atoms with E-state index < -0.39 is 0 Å². The standard InChI is InChI=1S/C15H23ClN2O2/c1-3-17-11(2)12-4-5-15(14(16)8-12)18-6-7-20-10-13(18)9-19/h4-5,8,11,13,17,19H,3,6-7,9-10H2,1-2H3. The first kappa shape index (κ1) is 15.6. The average molecular weight is 299 g/mol. The first-order chi connectivity index (χ1) is 9.67. The summed E-state index contributed by atoms with van der Waals surface area (Å²) < 4.78 is 5.40. The molecule has 2 atom stereocenters. The summed E-state index contributed by atoms with van der Waals surface area (Å²) in [6, 6.07) is 6.41. The number of nitrogens with one attached hydrogen (secondary N) is 1. The van der Waals surface area contributed by atoms with E-state index in [1.54, 1.807) is 0 Å². The van der Waals surface area contributed by atoms with Gasteiger partial charge >= 0.3 is 0 Å². The summed E-state index contributed by atoms with van der Waals surface area (Å²) >= 11 is 6.44. The van der Waals surface area contributed by atoms with Gasteiger partial charge in [0.05, 0.1) is 36.6 Å². The minimum Gasteiger partial charge on any atom is -0.394 e. The molecule has 0 radical (unpaired) electrons. The Morgan fingerprint density at radius 2 is 2.35 bits per heavy atom. The number of hydrogen-bond acceptors (Lipinski definition) is 4. The SMILES string of the molecule is CCNC(C)c1ccc(N2CCOCC2CO)c(Cl)c1. The molecule has 4 nitrogen and oxygen atoms in total. The molecule has 0 amide bonds. The van der Waals surface area contributed by atoms with Crippen LogP contribution in [0.3, 0.4) is 0 Å². The Bertz CT molecular complexity index is 442. The van der Waals surface area contributed by atoms with E-state index in [1.807, 2.05) is 12.1 Å². The van der Waals surface area contributed by atoms with Gasteiger partial charge in [0.25, 0.3) is 0 Å². The van der Waals surface area contributed by atoms with Crippen molar-refractivity contribution in [3.8, 4) is 0 Å². The van der Waals surface area contributed by atoms with E-state index in [0.29, 0.717) is 13.2 Å². The van der Waals surface area contributed by atoms with Crippen LogP contribution in [-0.2, 0) is 4.74 Å². The van der Waals surface area contributed by atoms with Gasteiger partial charge in [-0.15, -0.1) is 0 Å². The third-order valence-corrected chi connectivity index (χ3v) is 4.03. The molecule has 2 N–H and O–H groups in total. The van der Waals surface area contributed by atoms with Crippen LogP contribution >= 0.6 is 11.6 Å². The lowest BCUT2D eigenvalue weighted by molar-refractivity contribution is 0.0727. The fourth-order valence-corrected chi connectivity index (χ4v) is 2.87. The van der Waals surface area contributed by atoms with Crippen molar-refractivity contribution in [3.05, 3.63) is 28.8 Å². The molecule has 5 heteroatoms. The van der Waals surface area contributed by atoms with Gasteiger partial charge in [-0.3, -0.25) is 0 Å². The highest BCUT2D eigenvalue weighted by atomic mass is 35.5. The van der Waals surface area contributed by atoms with Crippen LogP contribution in [0.4, 0.5) is 5.69 Å². The number of ether oxygens (including phenoxy) is 1. The smallest absolute Gasteiger partial charge is 0.0756 e. The van der Waals surface area contributed by atoms with Crippen molar-refractivity contribution in [2.45, 2.75) is 25.9 Å². The number of aliphatic hydroxyl groups excluding tert-OH is 1. The number of aliphatic hydroxyl groups is 1. The second-order valence-corrected chi connectivity index (χ2v) is 5.50. The van der Waals surface area contributed by atoms with Crippen molar-refractivity contribution in [2.24, 2.45) is 0 Å². The molecular formula is C15H23ClN2O2. The molecule has 0 aliphatic carbocycles. The predicted molar refractivity (Wildman–Crippen MR) is 82.6 cm³/mol. The Morgan fingerprint density at radius 3 is 3.00 bits per heavy atom. The number of morpholine rings is 1. The van der Waals surface area contributed by atoms with Crippen LogP contribution in [0.5, 0.6) is 0 Å². The molecule has 0 saturated carbocycles. The van der Waals surface area contributed by atoms with Crippen molar-refractivity contribution in [3.63, 3.8) is 0 Å². The fourth-order valence-electron chi connectivity index (χ4n) is 2.57. The lowest BCUT2D eigenvalue weighted by Crippen LogP contribution is -2.47. The Hall–Kier alpha value is -0.810. The Kier molecular flexibility index (Phi) is 5.66. The topological polar surface area (TPSA) is 44.7 Å². The normalized spacial score (nSPS) is 21.0. The summed E-state index contributed by atoms with van der Waals surface area (Å²) in [7, 11) is 0. The van der Waals surface area contributed by atoms with Crippen LogP contribution in [0.1, 0.15) is 25.5 Å². The maximum absolute atomic E-state index is 9.45. The van der Waals surface area contributed by atoms with Gasteiger partial charge in [0, 0.05) is 12.6 Å². The van der Waals surface area contributed by atoms with Gasteiger partial charge in [-0.1, -0.05) is 24.6 Å². The summed E-state index contributed by atoms with van der Waals surface area (Å²) in [5, 5.41) is 13.6. The summed E-state index contributed by atoms with van der Waals surface area (Å²) in [6.45, 7) is 7.19. The lowest BCUT2D eigenvalue weighted by Gasteiger charge is -2.37. The Balaban J connectivity index is 2.20. The number of nitrogens with zero attached hydrogens (tertiary/aromatic N) is 1. The van der Waals surface area contributed by atoms with Gasteiger partial charge in [-0.2, -0.15) is 0 Å². The molecule has 2 rings (SSSR count). The number of halogens is 1. The van der Waals surface area contributed by atoms with E-state index >= 15 is 0 Å². The molecule has 1 fully saturated rings. The number of benzene rings is 1. The van der Waals surface area contributed by atoms with E-state index in [1.165, 1.54) is 5.56 Å². The molecular weight excluding hydrogens is 276 g/mol. The van der Waals surface area contributed by atoms with E-state index in [-0.39, 0.29) is 18.7 Å². The molecule has 0 bridgehead atoms. The van der Waals surface area contributed by atoms with E-state index in [4.69, 9.17) is 16.3 Å². The predicted octanol–water partition coefficient (Wildman–Crippen LogP) is 2.21. The summed E-state index contributed by atoms with van der Waals surface area (Å²) in [5.41, 5.74) is 2.15. The monoisotopic (exact) mass is 298 g/mol. The second-order valence-electron chi connectivity index (χ2n) is 5.09. The minimum atomic E-state index is -0.0155. The van der Waals surface area contributed by atoms with Gasteiger partial charge in [-0.25, -0.2) is 0 Å². The highest BCUT2D eigenvalue weighted by Crippen LogP contribution is 2.31. The van der Waals surface area contributed by atoms with Crippen LogP contribution in [0, 0.1) is 0 Å². The lowest BCUT2D eigenvalue weighted by atomic mass is 10.1. The summed E-state index contributed by atoms with van der Waals surface area (Å²) in [5.74, 6) is 0. The quantitative estimate of drug-likeness (QED) is 0.875. The summed E-state index contributed by atoms with van der Waals surface area (Å²) in [6.07, 6.45) is 0. The van der Waals surface area contributed by atoms with Crippen molar-refractivity contribution >= 4 is 17.3 Å². The van der Waals surface area contributed by atoms with Crippen molar-refractivity contribution in [1.82, 2.24) is 5.32 Å². The van der Waals surface area contributed by atoms with Crippen molar-refractivity contribution in [2.75, 3.05) is 37.8 Å². The molecule has 1 aliphatic heterocycles. The maximum Gasteiger partial charge on any atom is 0.0756 e. The van der Waals surface area contributed by atoms with Gasteiger partial charge in [0.2, 0.25) is 0 Å². The Morgan fingerprint density at radius 1 is 1.55 bits per heavy atom. The molecule has 0 aromatic heterocycles. The number of anilines is 1. The van der Waals surface area contributed by atoms with Crippen LogP contribution in [0.25, 0.3) is 0 Å². The zero-order valence-electron chi connectivity index (χ0n) is 12.1. The molecule has 1 heterocycles. The molecule has 1 aromatic carbocycles. The minimum absolute atomic E-state index is 0.0155. The molecule has 1 saturated heterocycles. The molecule has 1 aromatic rings. The number of hydrogen-bond donors (Lipinski definition) is 2. The zero-order valence-corrected chi connectivity index (χ0v) is 12.9. The third-order valence-electron chi connectivity index (χ3n) is 3.73. The molecule has 2 unspecified atom stereocenters. The van der Waals surface area contributed by atoms with Crippen LogP contribution < -0.4 is 10.2 Å². The van der Waals surface area contributed by atoms with Gasteiger partial charge in [0.1, 0.15) is 0 Å². The maximum atomic E-state index is 9.45. The zero-order chi connectivity index (χ0) is 14.5. The summed E-state index contributed by atoms with van der Waals surface area (Å²) in [4.78, 5) is 2.13. The largest absolute Gasteiger partial charge is 0.394 e. The highest BCUT2D eigenvalue weighted by Gasteiger charge is 2.24. The molecule has 1 aliphatic rings. The van der Waals surface area contributed by atoms with Crippen LogP contribution in [0.2, 0.25) is 5.02 Å². The Labute approximate surface area is 125 Å². The highest BCUT2D eigenvalue weighted by molar-refractivity contribution is 6.33. The first-order valence-corrected chi connectivity index (χ1v) is 7.53. The molecule has 0 spiro atoms. The first-order valence-electron chi connectivity index (χ1n) is 7.15. The van der Waals surface area contributed by atoms with Crippen molar-refractivity contribution in [1.29, 1.82) is 0 Å². The van der Waals surface area contributed by atoms with Gasteiger partial charge in [0.15, 0.2) is 0 Å². The van der Waals surface area contributed by atoms with Gasteiger partial charge in [-0.05, 0) is 31.2 Å². The van der Waals surface area contributed by atoms with Crippen LogP contribution in [-0.4, -0.2) is 44.1 Å². The number of rotatable bonds is 5. The second kappa shape index (κ2) is 7.27.